The zero-order valence-electron chi connectivity index (χ0n) is 11.0. The summed E-state index contributed by atoms with van der Waals surface area (Å²) >= 11 is 0. The largest absolute Gasteiger partial charge is 0.449 e. The van der Waals surface area contributed by atoms with Gasteiger partial charge in [-0.2, -0.15) is 18.3 Å². The SMILES string of the molecule is C/C(Cn1c(C(F)(F)F)nc2ccccc21)=N\NC(N)=O. The fourth-order valence-electron chi connectivity index (χ4n) is 1.87. The van der Waals surface area contributed by atoms with Gasteiger partial charge in [0.2, 0.25) is 5.82 Å². The molecule has 21 heavy (non-hydrogen) atoms. The van der Waals surface area contributed by atoms with Crippen LogP contribution in [0.4, 0.5) is 18.0 Å². The molecule has 0 fully saturated rings. The number of rotatable bonds is 3. The molecule has 3 N–H and O–H groups in total. The summed E-state index contributed by atoms with van der Waals surface area (Å²) < 4.78 is 40.1. The Hall–Kier alpha value is -2.58. The maximum Gasteiger partial charge on any atom is 0.449 e. The number of hydrogen-bond acceptors (Lipinski definition) is 3. The highest BCUT2D eigenvalue weighted by molar-refractivity contribution is 5.85. The molecule has 0 aliphatic heterocycles. The van der Waals surface area contributed by atoms with Crippen LogP contribution in [-0.4, -0.2) is 21.3 Å². The summed E-state index contributed by atoms with van der Waals surface area (Å²) in [6.07, 6.45) is -4.59. The van der Waals surface area contributed by atoms with Crippen molar-refractivity contribution >= 4 is 22.8 Å². The van der Waals surface area contributed by atoms with Gasteiger partial charge in [-0.25, -0.2) is 15.2 Å². The van der Waals surface area contributed by atoms with Gasteiger partial charge in [-0.15, -0.1) is 0 Å². The van der Waals surface area contributed by atoms with Crippen molar-refractivity contribution in [2.75, 3.05) is 0 Å². The zero-order chi connectivity index (χ0) is 15.6. The van der Waals surface area contributed by atoms with Gasteiger partial charge in [0.05, 0.1) is 23.3 Å². The Morgan fingerprint density at radius 3 is 2.71 bits per heavy atom. The first-order chi connectivity index (χ1) is 9.79. The van der Waals surface area contributed by atoms with Crippen LogP contribution < -0.4 is 11.2 Å². The normalized spacial score (nSPS) is 12.7. The number of para-hydroxylation sites is 2. The second-order valence-electron chi connectivity index (χ2n) is 4.33. The molecule has 9 heteroatoms. The number of halogens is 3. The van der Waals surface area contributed by atoms with Gasteiger partial charge in [0, 0.05) is 0 Å². The van der Waals surface area contributed by atoms with E-state index in [1.807, 2.05) is 5.43 Å². The first-order valence-corrected chi connectivity index (χ1v) is 5.90. The smallest absolute Gasteiger partial charge is 0.350 e. The van der Waals surface area contributed by atoms with Gasteiger partial charge in [-0.3, -0.25) is 0 Å². The van der Waals surface area contributed by atoms with Crippen molar-refractivity contribution < 1.29 is 18.0 Å². The molecule has 2 rings (SSSR count). The van der Waals surface area contributed by atoms with Crippen molar-refractivity contribution in [3.8, 4) is 0 Å². The molecule has 0 aliphatic carbocycles. The van der Waals surface area contributed by atoms with Crippen LogP contribution in [-0.2, 0) is 12.7 Å². The summed E-state index contributed by atoms with van der Waals surface area (Å²) in [4.78, 5) is 14.2. The van der Waals surface area contributed by atoms with Crippen LogP contribution in [0.15, 0.2) is 29.4 Å². The number of aromatic nitrogens is 2. The molecular formula is C12H12F3N5O. The summed E-state index contributed by atoms with van der Waals surface area (Å²) in [6.45, 7) is 1.31. The van der Waals surface area contributed by atoms with E-state index in [0.717, 1.165) is 4.57 Å². The molecular weight excluding hydrogens is 287 g/mol. The van der Waals surface area contributed by atoms with E-state index in [9.17, 15) is 18.0 Å². The van der Waals surface area contributed by atoms with Crippen LogP contribution in [0.2, 0.25) is 0 Å². The highest BCUT2D eigenvalue weighted by Gasteiger charge is 2.37. The molecule has 0 atom stereocenters. The molecule has 0 unspecified atom stereocenters. The Morgan fingerprint density at radius 2 is 2.10 bits per heavy atom. The third-order valence-electron chi connectivity index (χ3n) is 2.65. The maximum atomic E-state index is 13.0. The van der Waals surface area contributed by atoms with Crippen LogP contribution in [0.3, 0.4) is 0 Å². The first-order valence-electron chi connectivity index (χ1n) is 5.90. The number of carbonyl (C=O) groups excluding carboxylic acids is 1. The quantitative estimate of drug-likeness (QED) is 0.672. The van der Waals surface area contributed by atoms with Crippen LogP contribution in [0.5, 0.6) is 0 Å². The van der Waals surface area contributed by atoms with Gasteiger partial charge < -0.3 is 10.3 Å². The molecule has 0 saturated heterocycles. The number of hydrazone groups is 1. The molecule has 0 saturated carbocycles. The van der Waals surface area contributed by atoms with Crippen LogP contribution >= 0.6 is 0 Å². The number of carbonyl (C=O) groups is 1. The monoisotopic (exact) mass is 299 g/mol. The number of imidazole rings is 1. The zero-order valence-corrected chi connectivity index (χ0v) is 11.0. The topological polar surface area (TPSA) is 85.3 Å². The molecule has 0 bridgehead atoms. The Bertz CT molecular complexity index is 704. The van der Waals surface area contributed by atoms with E-state index in [-0.39, 0.29) is 17.8 Å². The van der Waals surface area contributed by atoms with Crippen molar-refractivity contribution in [2.24, 2.45) is 10.8 Å². The van der Waals surface area contributed by atoms with Gasteiger partial charge in [0.15, 0.2) is 0 Å². The number of nitrogens with zero attached hydrogens (tertiary/aromatic N) is 3. The number of primary amides is 1. The number of benzene rings is 1. The number of alkyl halides is 3. The Balaban J connectivity index is 2.46. The number of fused-ring (bicyclic) bond motifs is 1. The fraction of sp³-hybridized carbons (Fsp3) is 0.250. The number of nitrogens with two attached hydrogens (primary N) is 1. The number of urea groups is 1. The molecule has 2 aromatic rings. The highest BCUT2D eigenvalue weighted by atomic mass is 19.4. The molecule has 6 nitrogen and oxygen atoms in total. The van der Waals surface area contributed by atoms with Crippen molar-refractivity contribution in [3.05, 3.63) is 30.1 Å². The van der Waals surface area contributed by atoms with Crippen molar-refractivity contribution in [3.63, 3.8) is 0 Å². The third kappa shape index (κ3) is 3.30. The summed E-state index contributed by atoms with van der Waals surface area (Å²) in [5, 5.41) is 3.60. The van der Waals surface area contributed by atoms with Crippen molar-refractivity contribution in [1.29, 1.82) is 0 Å². The van der Waals surface area contributed by atoms with Gasteiger partial charge in [-0.05, 0) is 19.1 Å². The van der Waals surface area contributed by atoms with Crippen molar-refractivity contribution in [2.45, 2.75) is 19.6 Å². The predicted octanol–water partition coefficient (Wildman–Crippen LogP) is 2.10. The maximum absolute atomic E-state index is 13.0. The molecule has 2 amide bonds. The lowest BCUT2D eigenvalue weighted by atomic mass is 10.3. The number of nitrogens with one attached hydrogen (secondary N) is 1. The third-order valence-corrected chi connectivity index (χ3v) is 2.65. The molecule has 0 radical (unpaired) electrons. The minimum Gasteiger partial charge on any atom is -0.350 e. The van der Waals surface area contributed by atoms with E-state index in [0.29, 0.717) is 5.52 Å². The Morgan fingerprint density at radius 1 is 1.43 bits per heavy atom. The lowest BCUT2D eigenvalue weighted by Gasteiger charge is -2.11. The average Bonchev–Trinajstić information content (AvgIpc) is 2.75. The Labute approximate surface area is 117 Å². The Kier molecular flexibility index (Phi) is 3.83. The van der Waals surface area contributed by atoms with Crippen LogP contribution in [0.25, 0.3) is 11.0 Å². The van der Waals surface area contributed by atoms with E-state index in [1.54, 1.807) is 12.1 Å². The first kappa shape index (κ1) is 14.8. The predicted molar refractivity (Wildman–Crippen MR) is 70.6 cm³/mol. The summed E-state index contributed by atoms with van der Waals surface area (Å²) in [6, 6.07) is 5.37. The summed E-state index contributed by atoms with van der Waals surface area (Å²) in [7, 11) is 0. The highest BCUT2D eigenvalue weighted by Crippen LogP contribution is 2.31. The van der Waals surface area contributed by atoms with E-state index in [1.165, 1.54) is 19.1 Å². The molecule has 1 heterocycles. The van der Waals surface area contributed by atoms with Crippen molar-refractivity contribution in [1.82, 2.24) is 15.0 Å². The van der Waals surface area contributed by atoms with Gasteiger partial charge >= 0.3 is 12.2 Å². The molecule has 0 spiro atoms. The average molecular weight is 299 g/mol. The second-order valence-corrected chi connectivity index (χ2v) is 4.33. The fourth-order valence-corrected chi connectivity index (χ4v) is 1.87. The van der Waals surface area contributed by atoms with E-state index < -0.39 is 18.0 Å². The minimum absolute atomic E-state index is 0.171. The molecule has 112 valence electrons. The van der Waals surface area contributed by atoms with Crippen LogP contribution in [0.1, 0.15) is 12.7 Å². The van der Waals surface area contributed by atoms with E-state index in [2.05, 4.69) is 10.1 Å². The standard InChI is InChI=1S/C12H12F3N5O/c1-7(18-19-11(16)21)6-20-9-5-3-2-4-8(9)17-10(20)12(13,14)15/h2-5H,6H2,1H3,(H3,16,19,21)/b18-7+. The number of amides is 2. The van der Waals surface area contributed by atoms with E-state index in [4.69, 9.17) is 5.73 Å². The molecule has 1 aromatic heterocycles. The van der Waals surface area contributed by atoms with Crippen LogP contribution in [0, 0.1) is 0 Å². The molecule has 1 aromatic carbocycles. The summed E-state index contributed by atoms with van der Waals surface area (Å²) in [5.41, 5.74) is 7.64. The van der Waals surface area contributed by atoms with E-state index >= 15 is 0 Å². The minimum atomic E-state index is -4.59. The molecule has 0 aliphatic rings. The number of hydrogen-bond donors (Lipinski definition) is 2. The van der Waals surface area contributed by atoms with Gasteiger partial charge in [0.1, 0.15) is 0 Å². The lowest BCUT2D eigenvalue weighted by molar-refractivity contribution is -0.146. The second kappa shape index (κ2) is 5.43. The summed E-state index contributed by atoms with van der Waals surface area (Å²) in [5.74, 6) is -1.02. The lowest BCUT2D eigenvalue weighted by Crippen LogP contribution is -2.26. The van der Waals surface area contributed by atoms with Gasteiger partial charge in [-0.1, -0.05) is 12.1 Å². The van der Waals surface area contributed by atoms with Gasteiger partial charge in [0.25, 0.3) is 0 Å².